The van der Waals surface area contributed by atoms with Crippen molar-refractivity contribution in [1.82, 2.24) is 10.6 Å². The molecule has 142 valence electrons. The van der Waals surface area contributed by atoms with Gasteiger partial charge in [-0.15, -0.1) is 0 Å². The summed E-state index contributed by atoms with van der Waals surface area (Å²) in [6, 6.07) is 11.0. The van der Waals surface area contributed by atoms with E-state index in [1.54, 1.807) is 24.3 Å². The highest BCUT2D eigenvalue weighted by atomic mass is 19.3. The highest BCUT2D eigenvalue weighted by Gasteiger charge is 2.42. The topological polar surface area (TPSA) is 70.2 Å². The first-order valence-electron chi connectivity index (χ1n) is 8.37. The van der Waals surface area contributed by atoms with Crippen LogP contribution in [0.1, 0.15) is 22.3 Å². The van der Waals surface area contributed by atoms with Crippen LogP contribution in [0.2, 0.25) is 0 Å². The number of amides is 2. The van der Waals surface area contributed by atoms with Gasteiger partial charge in [-0.25, -0.2) is 13.2 Å². The molecule has 2 aromatic carbocycles. The van der Waals surface area contributed by atoms with Gasteiger partial charge in [-0.1, -0.05) is 12.1 Å². The summed E-state index contributed by atoms with van der Waals surface area (Å²) in [4.78, 5) is 24.1. The fourth-order valence-electron chi connectivity index (χ4n) is 2.78. The average Bonchev–Trinajstić information content (AvgIpc) is 3.00. The summed E-state index contributed by atoms with van der Waals surface area (Å²) >= 11 is 0. The molecule has 1 aliphatic heterocycles. The third kappa shape index (κ3) is 5.07. The lowest BCUT2D eigenvalue weighted by atomic mass is 10.1. The van der Waals surface area contributed by atoms with E-state index in [-0.39, 0.29) is 6.54 Å². The highest BCUT2D eigenvalue weighted by molar-refractivity contribution is 6.04. The van der Waals surface area contributed by atoms with Crippen LogP contribution in [0.4, 0.5) is 18.9 Å². The molecule has 2 aromatic rings. The summed E-state index contributed by atoms with van der Waals surface area (Å²) < 4.78 is 39.2. The maximum Gasteiger partial charge on any atom is 0.262 e. The standard InChI is InChI=1S/C19H18F3N3O2/c20-14-6-4-13(5-7-14)17(26)25-15-3-1-2-12(8-15)10-23-18(27)16-9-19(21,22)11-24-16/h1-8,16,24H,9-11H2,(H,23,27)(H,25,26). The zero-order chi connectivity index (χ0) is 19.4. The van der Waals surface area contributed by atoms with Gasteiger partial charge in [-0.05, 0) is 42.0 Å². The van der Waals surface area contributed by atoms with Gasteiger partial charge in [0.15, 0.2) is 0 Å². The number of carbonyl (C=O) groups is 2. The molecule has 5 nitrogen and oxygen atoms in total. The molecule has 3 N–H and O–H groups in total. The second-order valence-electron chi connectivity index (χ2n) is 6.37. The highest BCUT2D eigenvalue weighted by Crippen LogP contribution is 2.25. The van der Waals surface area contributed by atoms with Crippen LogP contribution in [0, 0.1) is 5.82 Å². The van der Waals surface area contributed by atoms with E-state index in [0.717, 1.165) is 0 Å². The number of alkyl halides is 2. The summed E-state index contributed by atoms with van der Waals surface area (Å²) in [5, 5.41) is 7.79. The minimum atomic E-state index is -2.87. The minimum Gasteiger partial charge on any atom is -0.351 e. The van der Waals surface area contributed by atoms with Crippen molar-refractivity contribution in [3.8, 4) is 0 Å². The number of anilines is 1. The van der Waals surface area contributed by atoms with Crippen LogP contribution < -0.4 is 16.0 Å². The summed E-state index contributed by atoms with van der Waals surface area (Å²) in [5.41, 5.74) is 1.51. The van der Waals surface area contributed by atoms with Crippen LogP contribution in [0.3, 0.4) is 0 Å². The molecule has 3 rings (SSSR count). The van der Waals surface area contributed by atoms with Gasteiger partial charge in [0.1, 0.15) is 5.82 Å². The normalized spacial score (nSPS) is 18.1. The zero-order valence-corrected chi connectivity index (χ0v) is 14.3. The van der Waals surface area contributed by atoms with Crippen LogP contribution in [-0.4, -0.2) is 30.3 Å². The average molecular weight is 377 g/mol. The van der Waals surface area contributed by atoms with Crippen molar-refractivity contribution >= 4 is 17.5 Å². The number of hydrogen-bond acceptors (Lipinski definition) is 3. The number of hydrogen-bond donors (Lipinski definition) is 3. The quantitative estimate of drug-likeness (QED) is 0.750. The molecule has 1 heterocycles. The first-order valence-corrected chi connectivity index (χ1v) is 8.37. The Balaban J connectivity index is 1.56. The van der Waals surface area contributed by atoms with Gasteiger partial charge < -0.3 is 10.6 Å². The first kappa shape index (κ1) is 18.9. The summed E-state index contributed by atoms with van der Waals surface area (Å²) in [5.74, 6) is -4.19. The Morgan fingerprint density at radius 2 is 1.89 bits per heavy atom. The zero-order valence-electron chi connectivity index (χ0n) is 14.3. The van der Waals surface area contributed by atoms with Crippen molar-refractivity contribution in [3.63, 3.8) is 0 Å². The van der Waals surface area contributed by atoms with Gasteiger partial charge in [0.2, 0.25) is 5.91 Å². The predicted molar refractivity (Wildman–Crippen MR) is 94.0 cm³/mol. The third-order valence-electron chi connectivity index (χ3n) is 4.18. The first-order chi connectivity index (χ1) is 12.8. The summed E-state index contributed by atoms with van der Waals surface area (Å²) in [6.07, 6.45) is -0.521. The molecule has 1 aliphatic rings. The number of nitrogens with one attached hydrogen (secondary N) is 3. The summed E-state index contributed by atoms with van der Waals surface area (Å²) in [7, 11) is 0. The van der Waals surface area contributed by atoms with Crippen molar-refractivity contribution in [2.45, 2.75) is 24.9 Å². The van der Waals surface area contributed by atoms with Gasteiger partial charge in [0, 0.05) is 24.2 Å². The molecule has 1 unspecified atom stereocenters. The Morgan fingerprint density at radius 1 is 1.15 bits per heavy atom. The smallest absolute Gasteiger partial charge is 0.262 e. The second-order valence-corrected chi connectivity index (χ2v) is 6.37. The van der Waals surface area contributed by atoms with Crippen LogP contribution in [0.15, 0.2) is 48.5 Å². The molecule has 1 atom stereocenters. The molecule has 27 heavy (non-hydrogen) atoms. The van der Waals surface area contributed by atoms with E-state index in [0.29, 0.717) is 16.8 Å². The monoisotopic (exact) mass is 377 g/mol. The Morgan fingerprint density at radius 3 is 2.56 bits per heavy atom. The molecule has 2 amide bonds. The number of carbonyl (C=O) groups excluding carboxylic acids is 2. The lowest BCUT2D eigenvalue weighted by molar-refractivity contribution is -0.123. The molecule has 1 saturated heterocycles. The summed E-state index contributed by atoms with van der Waals surface area (Å²) in [6.45, 7) is -0.362. The Labute approximate surface area is 154 Å². The molecule has 0 spiro atoms. The molecular weight excluding hydrogens is 359 g/mol. The van der Waals surface area contributed by atoms with Crippen LogP contribution in [0.25, 0.3) is 0 Å². The molecule has 0 radical (unpaired) electrons. The van der Waals surface area contributed by atoms with E-state index in [9.17, 15) is 22.8 Å². The molecule has 8 heteroatoms. The number of halogens is 3. The van der Waals surface area contributed by atoms with Crippen LogP contribution in [-0.2, 0) is 11.3 Å². The van der Waals surface area contributed by atoms with Gasteiger partial charge in [-0.2, -0.15) is 0 Å². The third-order valence-corrected chi connectivity index (χ3v) is 4.18. The Hall–Kier alpha value is -2.87. The maximum absolute atomic E-state index is 13.2. The molecular formula is C19H18F3N3O2. The van der Waals surface area contributed by atoms with Crippen molar-refractivity contribution < 1.29 is 22.8 Å². The predicted octanol–water partition coefficient (Wildman–Crippen LogP) is 2.69. The van der Waals surface area contributed by atoms with Crippen LogP contribution in [0.5, 0.6) is 0 Å². The fourth-order valence-corrected chi connectivity index (χ4v) is 2.78. The SMILES string of the molecule is O=C(Nc1cccc(CNC(=O)C2CC(F)(F)CN2)c1)c1ccc(F)cc1. The van der Waals surface area contributed by atoms with Crippen molar-refractivity contribution in [2.24, 2.45) is 0 Å². The van der Waals surface area contributed by atoms with Gasteiger partial charge in [0.25, 0.3) is 11.8 Å². The molecule has 0 bridgehead atoms. The second kappa shape index (κ2) is 7.79. The molecule has 1 fully saturated rings. The lowest BCUT2D eigenvalue weighted by Gasteiger charge is -2.12. The fraction of sp³-hybridized carbons (Fsp3) is 0.263. The number of benzene rings is 2. The lowest BCUT2D eigenvalue weighted by Crippen LogP contribution is -2.40. The van der Waals surface area contributed by atoms with Gasteiger partial charge in [-0.3, -0.25) is 14.9 Å². The van der Waals surface area contributed by atoms with E-state index < -0.39 is 42.6 Å². The van der Waals surface area contributed by atoms with Gasteiger partial charge >= 0.3 is 0 Å². The van der Waals surface area contributed by atoms with Crippen LogP contribution >= 0.6 is 0 Å². The number of rotatable bonds is 5. The van der Waals surface area contributed by atoms with E-state index in [1.165, 1.54) is 24.3 Å². The molecule has 0 aromatic heterocycles. The van der Waals surface area contributed by atoms with Gasteiger partial charge in [0.05, 0.1) is 12.6 Å². The van der Waals surface area contributed by atoms with E-state index >= 15 is 0 Å². The largest absolute Gasteiger partial charge is 0.351 e. The Kier molecular flexibility index (Phi) is 5.46. The maximum atomic E-state index is 13.2. The van der Waals surface area contributed by atoms with E-state index in [1.807, 2.05) is 0 Å². The van der Waals surface area contributed by atoms with Crippen molar-refractivity contribution in [2.75, 3.05) is 11.9 Å². The van der Waals surface area contributed by atoms with E-state index in [4.69, 9.17) is 0 Å². The minimum absolute atomic E-state index is 0.142. The van der Waals surface area contributed by atoms with Crippen molar-refractivity contribution in [3.05, 3.63) is 65.5 Å². The molecule has 0 aliphatic carbocycles. The molecule has 0 saturated carbocycles. The van der Waals surface area contributed by atoms with E-state index in [2.05, 4.69) is 16.0 Å². The Bertz CT molecular complexity index is 840. The van der Waals surface area contributed by atoms with Crippen molar-refractivity contribution in [1.29, 1.82) is 0 Å².